The maximum Gasteiger partial charge on any atom is 0.500 e. The lowest BCUT2D eigenvalue weighted by atomic mass is 9.97. The molecular weight excluding hydrogens is 490 g/mol. The van der Waals surface area contributed by atoms with Crippen LogP contribution in [0, 0.1) is 5.92 Å². The molecule has 12 heteroatoms. The van der Waals surface area contributed by atoms with E-state index in [-0.39, 0.29) is 37.1 Å². The molecule has 0 spiro atoms. The average molecular weight is 532 g/mol. The van der Waals surface area contributed by atoms with Crippen molar-refractivity contribution in [1.29, 1.82) is 0 Å². The molecule has 0 saturated carbocycles. The lowest BCUT2D eigenvalue weighted by Gasteiger charge is -2.28. The first-order chi connectivity index (χ1) is 16.9. The minimum absolute atomic E-state index is 0.0987. The first-order valence-electron chi connectivity index (χ1n) is 12.0. The van der Waals surface area contributed by atoms with Crippen LogP contribution in [0.4, 0.5) is 0 Å². The topological polar surface area (TPSA) is 147 Å². The molecule has 0 aliphatic carbocycles. The van der Waals surface area contributed by atoms with E-state index in [1.165, 1.54) is 13.8 Å². The van der Waals surface area contributed by atoms with E-state index in [4.69, 9.17) is 22.8 Å². The van der Waals surface area contributed by atoms with Crippen LogP contribution < -0.4 is 5.32 Å². The van der Waals surface area contributed by atoms with Crippen LogP contribution in [0.15, 0.2) is 24.3 Å². The van der Waals surface area contributed by atoms with Crippen molar-refractivity contribution in [2.45, 2.75) is 66.0 Å². The van der Waals surface area contributed by atoms with Crippen molar-refractivity contribution in [3.8, 4) is 0 Å². The van der Waals surface area contributed by atoms with Gasteiger partial charge in [0.25, 0.3) is 0 Å². The quantitative estimate of drug-likeness (QED) is 0.104. The molecule has 36 heavy (non-hydrogen) atoms. The molecule has 2 N–H and O–H groups in total. The van der Waals surface area contributed by atoms with Crippen LogP contribution in [0.25, 0.3) is 0 Å². The number of ether oxygens (including phenoxy) is 2. The number of esters is 2. The van der Waals surface area contributed by atoms with Crippen LogP contribution in [0.3, 0.4) is 0 Å². The molecular formula is C24H41NO10Si. The van der Waals surface area contributed by atoms with Crippen molar-refractivity contribution in [1.82, 2.24) is 5.32 Å². The Kier molecular flexibility index (Phi) is 16.6. The van der Waals surface area contributed by atoms with E-state index >= 15 is 0 Å². The predicted octanol–water partition coefficient (Wildman–Crippen LogP) is 2.63. The number of aliphatic carboxylic acids is 1. The smallest absolute Gasteiger partial charge is 0.481 e. The second-order valence-electron chi connectivity index (χ2n) is 8.10. The lowest BCUT2D eigenvalue weighted by Crippen LogP contribution is -2.46. The highest BCUT2D eigenvalue weighted by Crippen LogP contribution is 2.19. The summed E-state index contributed by atoms with van der Waals surface area (Å²) in [6.07, 6.45) is -1.15. The van der Waals surface area contributed by atoms with Crippen molar-refractivity contribution in [2.75, 3.05) is 33.0 Å². The highest BCUT2D eigenvalue weighted by atomic mass is 28.4. The summed E-state index contributed by atoms with van der Waals surface area (Å²) in [6, 6.07) is 0.498. The molecule has 2 unspecified atom stereocenters. The number of carbonyl (C=O) groups is 4. The summed E-state index contributed by atoms with van der Waals surface area (Å²) in [6.45, 7) is 16.6. The Morgan fingerprint density at radius 2 is 1.44 bits per heavy atom. The van der Waals surface area contributed by atoms with Crippen LogP contribution in [0.2, 0.25) is 6.04 Å². The van der Waals surface area contributed by atoms with E-state index in [2.05, 4.69) is 18.5 Å². The van der Waals surface area contributed by atoms with Gasteiger partial charge in [0.2, 0.25) is 5.91 Å². The van der Waals surface area contributed by atoms with Gasteiger partial charge < -0.3 is 33.2 Å². The normalized spacial score (nSPS) is 12.8. The first kappa shape index (κ1) is 33.5. The molecule has 0 bridgehead atoms. The number of amides is 1. The molecule has 0 aliphatic heterocycles. The van der Waals surface area contributed by atoms with Crippen molar-refractivity contribution in [3.05, 3.63) is 24.3 Å². The Balaban J connectivity index is 5.05. The van der Waals surface area contributed by atoms with Gasteiger partial charge in [0.1, 0.15) is 12.7 Å². The van der Waals surface area contributed by atoms with Crippen molar-refractivity contribution in [2.24, 2.45) is 5.92 Å². The number of carboxylic acids is 1. The second-order valence-corrected chi connectivity index (χ2v) is 10.8. The zero-order chi connectivity index (χ0) is 27.7. The summed E-state index contributed by atoms with van der Waals surface area (Å²) in [5, 5.41) is 12.3. The summed E-state index contributed by atoms with van der Waals surface area (Å²) in [5.74, 6) is -4.38. The third-order valence-corrected chi connectivity index (χ3v) is 7.93. The Morgan fingerprint density at radius 3 is 1.89 bits per heavy atom. The zero-order valence-corrected chi connectivity index (χ0v) is 23.1. The molecule has 0 aromatic carbocycles. The molecule has 0 aromatic rings. The van der Waals surface area contributed by atoms with Gasteiger partial charge in [-0.15, -0.1) is 0 Å². The summed E-state index contributed by atoms with van der Waals surface area (Å²) >= 11 is 0. The Bertz CT molecular complexity index is 753. The summed E-state index contributed by atoms with van der Waals surface area (Å²) in [5.41, 5.74) is 0.237. The fraction of sp³-hybridized carbons (Fsp3) is 0.667. The number of nitrogens with one attached hydrogen (secondary N) is 1. The molecule has 0 rings (SSSR count). The molecule has 0 saturated heterocycles. The third kappa shape index (κ3) is 13.5. The number of rotatable bonds is 20. The van der Waals surface area contributed by atoms with E-state index in [1.807, 2.05) is 20.8 Å². The predicted molar refractivity (Wildman–Crippen MR) is 134 cm³/mol. The monoisotopic (exact) mass is 531 g/mol. The second kappa shape index (κ2) is 17.8. The Labute approximate surface area is 214 Å². The minimum atomic E-state index is -2.84. The molecule has 0 radical (unpaired) electrons. The standard InChI is InChI=1S/C24H41NO10Si/c1-8-32-36(33-9-2,34-10-3)13-11-12-25-21(26)15-19(22(27)28)14-20(35-24(30)18(6)7)16-31-23(29)17(4)5/h19-20H,4,6,8-16H2,1-3,5,7H3,(H,25,26)(H,27,28). The van der Waals surface area contributed by atoms with E-state index in [9.17, 15) is 24.3 Å². The molecule has 206 valence electrons. The molecule has 0 aromatic heterocycles. The maximum absolute atomic E-state index is 12.5. The van der Waals surface area contributed by atoms with Crippen LogP contribution in [0.5, 0.6) is 0 Å². The Morgan fingerprint density at radius 1 is 0.917 bits per heavy atom. The van der Waals surface area contributed by atoms with Gasteiger partial charge >= 0.3 is 26.7 Å². The highest BCUT2D eigenvalue weighted by Gasteiger charge is 2.39. The van der Waals surface area contributed by atoms with E-state index in [1.54, 1.807) is 0 Å². The van der Waals surface area contributed by atoms with E-state index < -0.39 is 44.6 Å². The van der Waals surface area contributed by atoms with Gasteiger partial charge in [-0.25, -0.2) is 9.59 Å². The van der Waals surface area contributed by atoms with Gasteiger partial charge in [-0.2, -0.15) is 0 Å². The summed E-state index contributed by atoms with van der Waals surface area (Å²) in [7, 11) is -2.84. The number of hydrogen-bond acceptors (Lipinski definition) is 9. The highest BCUT2D eigenvalue weighted by molar-refractivity contribution is 6.60. The van der Waals surface area contributed by atoms with Crippen molar-refractivity contribution in [3.63, 3.8) is 0 Å². The number of hydrogen-bond donors (Lipinski definition) is 2. The van der Waals surface area contributed by atoms with Crippen molar-refractivity contribution >= 4 is 32.6 Å². The minimum Gasteiger partial charge on any atom is -0.481 e. The fourth-order valence-electron chi connectivity index (χ4n) is 3.11. The maximum atomic E-state index is 12.5. The average Bonchev–Trinajstić information content (AvgIpc) is 2.79. The largest absolute Gasteiger partial charge is 0.500 e. The summed E-state index contributed by atoms with van der Waals surface area (Å²) < 4.78 is 27.6. The van der Waals surface area contributed by atoms with Crippen LogP contribution in [-0.2, 0) is 41.9 Å². The third-order valence-electron chi connectivity index (χ3n) is 4.77. The Hall–Kier alpha value is -2.54. The molecule has 0 fully saturated rings. The fourth-order valence-corrected chi connectivity index (χ4v) is 5.72. The van der Waals surface area contributed by atoms with Gasteiger partial charge in [-0.1, -0.05) is 13.2 Å². The van der Waals surface area contributed by atoms with Gasteiger partial charge in [0, 0.05) is 56.4 Å². The van der Waals surface area contributed by atoms with Crippen LogP contribution in [-0.4, -0.2) is 76.8 Å². The number of carboxylic acid groups (broad SMARTS) is 1. The van der Waals surface area contributed by atoms with Gasteiger partial charge in [-0.3, -0.25) is 9.59 Å². The molecule has 11 nitrogen and oxygen atoms in total. The van der Waals surface area contributed by atoms with Gasteiger partial charge in [-0.05, 0) is 41.0 Å². The van der Waals surface area contributed by atoms with Crippen LogP contribution >= 0.6 is 0 Å². The molecule has 1 amide bonds. The van der Waals surface area contributed by atoms with E-state index in [0.717, 1.165) is 0 Å². The van der Waals surface area contributed by atoms with E-state index in [0.29, 0.717) is 32.3 Å². The SMILES string of the molecule is C=C(C)C(=O)OCC(CC(CC(=O)NCCC[Si](OCC)(OCC)OCC)C(=O)O)OC(=O)C(=C)C. The molecule has 2 atom stereocenters. The van der Waals surface area contributed by atoms with Gasteiger partial charge in [0.15, 0.2) is 0 Å². The van der Waals surface area contributed by atoms with Crippen LogP contribution in [0.1, 0.15) is 53.9 Å². The molecule has 0 heterocycles. The summed E-state index contributed by atoms with van der Waals surface area (Å²) in [4.78, 5) is 47.9. The van der Waals surface area contributed by atoms with Gasteiger partial charge in [0.05, 0.1) is 5.92 Å². The first-order valence-corrected chi connectivity index (χ1v) is 13.9. The lowest BCUT2D eigenvalue weighted by molar-refractivity contribution is -0.157. The molecule has 0 aliphatic rings. The zero-order valence-electron chi connectivity index (χ0n) is 22.1. The number of carbonyl (C=O) groups excluding carboxylic acids is 3. The van der Waals surface area contributed by atoms with Crippen molar-refractivity contribution < 1.29 is 47.0 Å².